The van der Waals surface area contributed by atoms with Crippen molar-refractivity contribution in [2.45, 2.75) is 23.7 Å². The third-order valence-corrected chi connectivity index (χ3v) is 5.72. The molecule has 9 nitrogen and oxygen atoms in total. The predicted molar refractivity (Wildman–Crippen MR) is 90.5 cm³/mol. The molecular weight excluding hydrogens is 358 g/mol. The molecule has 10 heteroatoms. The molecular formula is C16H17N5O4S. The fourth-order valence-electron chi connectivity index (χ4n) is 3.35. The summed E-state index contributed by atoms with van der Waals surface area (Å²) in [7, 11) is -3.46. The zero-order chi connectivity index (χ0) is 18.3. The monoisotopic (exact) mass is 375 g/mol. The lowest BCUT2D eigenvalue weighted by Gasteiger charge is -2.32. The van der Waals surface area contributed by atoms with E-state index in [-0.39, 0.29) is 16.7 Å². The fraction of sp³-hybridized carbons (Fsp3) is 0.375. The minimum atomic E-state index is -3.46. The van der Waals surface area contributed by atoms with Crippen molar-refractivity contribution in [2.24, 2.45) is 0 Å². The maximum absolute atomic E-state index is 12.4. The second kappa shape index (κ2) is 6.20. The van der Waals surface area contributed by atoms with E-state index in [0.717, 1.165) is 6.26 Å². The average molecular weight is 375 g/mol. The molecule has 26 heavy (non-hydrogen) atoms. The molecule has 0 radical (unpaired) electrons. The van der Waals surface area contributed by atoms with Gasteiger partial charge in [-0.05, 0) is 25.0 Å². The lowest BCUT2D eigenvalue weighted by Crippen LogP contribution is -2.38. The molecule has 1 fully saturated rings. The topological polar surface area (TPSA) is 111 Å². The summed E-state index contributed by atoms with van der Waals surface area (Å²) in [4.78, 5) is 22.4. The standard InChI is InChI=1S/C16H17N5O4S/c1-26(23,24)13-9-17-16-18-10-19-21(16)14(13)11-4-6-20(7-5-11)15(22)12-3-2-8-25-12/h2-3,8-11H,4-7H2,1H3. The number of hydrogen-bond acceptors (Lipinski definition) is 7. The first-order valence-electron chi connectivity index (χ1n) is 8.16. The molecule has 4 rings (SSSR count). The number of fused-ring (bicyclic) bond motifs is 1. The van der Waals surface area contributed by atoms with Crippen LogP contribution in [0.15, 0.2) is 40.2 Å². The quantitative estimate of drug-likeness (QED) is 0.675. The van der Waals surface area contributed by atoms with Crippen LogP contribution in [0.1, 0.15) is 35.0 Å². The van der Waals surface area contributed by atoms with E-state index in [4.69, 9.17) is 4.42 Å². The van der Waals surface area contributed by atoms with Crippen LogP contribution >= 0.6 is 0 Å². The molecule has 1 amide bonds. The van der Waals surface area contributed by atoms with Crippen LogP contribution in [0.4, 0.5) is 0 Å². The Morgan fingerprint density at radius 2 is 2.04 bits per heavy atom. The van der Waals surface area contributed by atoms with Gasteiger partial charge in [0.15, 0.2) is 15.6 Å². The second-order valence-electron chi connectivity index (χ2n) is 6.30. The highest BCUT2D eigenvalue weighted by atomic mass is 32.2. The lowest BCUT2D eigenvalue weighted by atomic mass is 9.93. The summed E-state index contributed by atoms with van der Waals surface area (Å²) in [6.07, 6.45) is 6.56. The van der Waals surface area contributed by atoms with Crippen molar-refractivity contribution in [3.05, 3.63) is 42.4 Å². The fourth-order valence-corrected chi connectivity index (χ4v) is 4.23. The predicted octanol–water partition coefficient (Wildman–Crippen LogP) is 1.14. The molecule has 1 saturated heterocycles. The Kier molecular flexibility index (Phi) is 3.98. The average Bonchev–Trinajstić information content (AvgIpc) is 3.31. The van der Waals surface area contributed by atoms with Crippen LogP contribution in [0.5, 0.6) is 0 Å². The van der Waals surface area contributed by atoms with Crippen molar-refractivity contribution >= 4 is 21.5 Å². The highest BCUT2D eigenvalue weighted by Crippen LogP contribution is 2.32. The summed E-state index contributed by atoms with van der Waals surface area (Å²) < 4.78 is 31.1. The molecule has 3 aromatic heterocycles. The van der Waals surface area contributed by atoms with E-state index in [1.807, 2.05) is 0 Å². The molecule has 136 valence electrons. The first-order chi connectivity index (χ1) is 12.4. The summed E-state index contributed by atoms with van der Waals surface area (Å²) in [6.45, 7) is 1.01. The van der Waals surface area contributed by atoms with E-state index < -0.39 is 9.84 Å². The molecule has 0 spiro atoms. The van der Waals surface area contributed by atoms with Gasteiger partial charge >= 0.3 is 0 Å². The Balaban J connectivity index is 1.64. The van der Waals surface area contributed by atoms with E-state index in [1.165, 1.54) is 23.3 Å². The van der Waals surface area contributed by atoms with Crippen LogP contribution in [0.25, 0.3) is 5.78 Å². The maximum Gasteiger partial charge on any atom is 0.289 e. The minimum Gasteiger partial charge on any atom is -0.459 e. The van der Waals surface area contributed by atoms with Crippen molar-refractivity contribution in [1.82, 2.24) is 24.5 Å². The largest absolute Gasteiger partial charge is 0.459 e. The van der Waals surface area contributed by atoms with Gasteiger partial charge in [0.05, 0.1) is 18.2 Å². The van der Waals surface area contributed by atoms with Crippen LogP contribution in [-0.4, -0.2) is 58.2 Å². The van der Waals surface area contributed by atoms with Gasteiger partial charge in [-0.25, -0.2) is 13.4 Å². The van der Waals surface area contributed by atoms with Crippen molar-refractivity contribution < 1.29 is 17.6 Å². The van der Waals surface area contributed by atoms with Crippen molar-refractivity contribution in [3.8, 4) is 0 Å². The van der Waals surface area contributed by atoms with Gasteiger partial charge in [0.1, 0.15) is 11.2 Å². The number of carbonyl (C=O) groups excluding carboxylic acids is 1. The molecule has 0 unspecified atom stereocenters. The molecule has 0 N–H and O–H groups in total. The molecule has 0 atom stereocenters. The zero-order valence-corrected chi connectivity index (χ0v) is 14.9. The lowest BCUT2D eigenvalue weighted by molar-refractivity contribution is 0.0678. The number of aromatic nitrogens is 4. The SMILES string of the molecule is CS(=O)(=O)c1cnc2ncnn2c1C1CCN(C(=O)c2ccco2)CC1. The van der Waals surface area contributed by atoms with E-state index in [9.17, 15) is 13.2 Å². The zero-order valence-electron chi connectivity index (χ0n) is 14.1. The number of furan rings is 1. The Hall–Kier alpha value is -2.75. The normalized spacial score (nSPS) is 16.3. The number of nitrogens with zero attached hydrogens (tertiary/aromatic N) is 5. The van der Waals surface area contributed by atoms with Gasteiger partial charge in [0, 0.05) is 25.3 Å². The third-order valence-electron chi connectivity index (χ3n) is 4.61. The number of rotatable bonds is 3. The van der Waals surface area contributed by atoms with Crippen molar-refractivity contribution in [2.75, 3.05) is 19.3 Å². The smallest absolute Gasteiger partial charge is 0.289 e. The van der Waals surface area contributed by atoms with E-state index >= 15 is 0 Å². The number of likely N-dealkylation sites (tertiary alicyclic amines) is 1. The van der Waals surface area contributed by atoms with Gasteiger partial charge in [-0.1, -0.05) is 0 Å². The Labute approximate surface area is 149 Å². The van der Waals surface area contributed by atoms with E-state index in [2.05, 4.69) is 15.1 Å². The first-order valence-corrected chi connectivity index (χ1v) is 10.1. The third kappa shape index (κ3) is 2.85. The van der Waals surface area contributed by atoms with Crippen LogP contribution in [-0.2, 0) is 9.84 Å². The molecule has 3 aromatic rings. The van der Waals surface area contributed by atoms with Crippen LogP contribution in [0, 0.1) is 0 Å². The van der Waals surface area contributed by atoms with Crippen LogP contribution in [0.3, 0.4) is 0 Å². The number of sulfone groups is 1. The van der Waals surface area contributed by atoms with Crippen LogP contribution < -0.4 is 0 Å². The van der Waals surface area contributed by atoms with Crippen LogP contribution in [0.2, 0.25) is 0 Å². The van der Waals surface area contributed by atoms with Crippen molar-refractivity contribution in [1.29, 1.82) is 0 Å². The molecule has 1 aliphatic rings. The van der Waals surface area contributed by atoms with Gasteiger partial charge < -0.3 is 9.32 Å². The van der Waals surface area contributed by atoms with E-state index in [1.54, 1.807) is 17.0 Å². The maximum atomic E-state index is 12.4. The Bertz CT molecular complexity index is 1050. The van der Waals surface area contributed by atoms with Gasteiger partial charge in [0.25, 0.3) is 11.7 Å². The summed E-state index contributed by atoms with van der Waals surface area (Å²) in [5, 5.41) is 4.15. The van der Waals surface area contributed by atoms with Gasteiger partial charge in [-0.3, -0.25) is 4.79 Å². The number of piperidine rings is 1. The summed E-state index contributed by atoms with van der Waals surface area (Å²) in [6, 6.07) is 3.31. The Morgan fingerprint density at radius 3 is 2.69 bits per heavy atom. The molecule has 0 saturated carbocycles. The molecule has 0 aromatic carbocycles. The summed E-state index contributed by atoms with van der Waals surface area (Å²) in [5.74, 6) is 0.453. The first kappa shape index (κ1) is 16.7. The highest BCUT2D eigenvalue weighted by molar-refractivity contribution is 7.90. The Morgan fingerprint density at radius 1 is 1.27 bits per heavy atom. The second-order valence-corrected chi connectivity index (χ2v) is 8.28. The molecule has 1 aliphatic heterocycles. The molecule has 4 heterocycles. The molecule has 0 bridgehead atoms. The van der Waals surface area contributed by atoms with Crippen molar-refractivity contribution in [3.63, 3.8) is 0 Å². The number of carbonyl (C=O) groups is 1. The van der Waals surface area contributed by atoms with Gasteiger partial charge in [0.2, 0.25) is 0 Å². The minimum absolute atomic E-state index is 0.0624. The molecule has 0 aliphatic carbocycles. The van der Waals surface area contributed by atoms with E-state index in [0.29, 0.717) is 43.2 Å². The summed E-state index contributed by atoms with van der Waals surface area (Å²) in [5.41, 5.74) is 0.583. The highest BCUT2D eigenvalue weighted by Gasteiger charge is 2.31. The number of hydrogen-bond donors (Lipinski definition) is 0. The van der Waals surface area contributed by atoms with Gasteiger partial charge in [-0.15, -0.1) is 0 Å². The van der Waals surface area contributed by atoms with Gasteiger partial charge in [-0.2, -0.15) is 14.6 Å². The number of amides is 1. The summed E-state index contributed by atoms with van der Waals surface area (Å²) >= 11 is 0.